The Morgan fingerprint density at radius 2 is 1.38 bits per heavy atom. The predicted octanol–water partition coefficient (Wildman–Crippen LogP) is 7.89. The van der Waals surface area contributed by atoms with Crippen molar-refractivity contribution in [2.24, 2.45) is 0 Å². The van der Waals surface area contributed by atoms with E-state index in [-0.39, 0.29) is 31.2 Å². The molecule has 0 N–H and O–H groups in total. The number of aryl methyl sites for hydroxylation is 1. The van der Waals surface area contributed by atoms with Gasteiger partial charge in [0.15, 0.2) is 0 Å². The Labute approximate surface area is 248 Å². The molecule has 0 aromatic heterocycles. The van der Waals surface area contributed by atoms with Crippen LogP contribution in [0.1, 0.15) is 37.9 Å². The monoisotopic (exact) mass is 704 g/mol. The number of amides is 3. The third kappa shape index (κ3) is 3.99. The van der Waals surface area contributed by atoms with Gasteiger partial charge < -0.3 is 9.64 Å². The molecule has 2 aliphatic rings. The van der Waals surface area contributed by atoms with Crippen LogP contribution < -0.4 is 9.64 Å². The van der Waals surface area contributed by atoms with Gasteiger partial charge in [-0.05, 0) is 48.9 Å². The van der Waals surface area contributed by atoms with Crippen LogP contribution in [0.15, 0.2) is 45.3 Å². The number of carbonyl (C=O) groups is 3. The van der Waals surface area contributed by atoms with Crippen LogP contribution in [0.2, 0.25) is 20.1 Å². The average Bonchev–Trinajstić information content (AvgIpc) is 3.12. The van der Waals surface area contributed by atoms with Crippen LogP contribution in [-0.2, 0) is 4.79 Å². The highest BCUT2D eigenvalue weighted by Crippen LogP contribution is 2.50. The van der Waals surface area contributed by atoms with Crippen LogP contribution in [0.4, 0.5) is 5.69 Å². The number of hydrogen-bond acceptors (Lipinski definition) is 4. The summed E-state index contributed by atoms with van der Waals surface area (Å²) in [6, 6.07) is 8.77. The summed E-state index contributed by atoms with van der Waals surface area (Å²) in [6.45, 7) is 1.89. The summed E-state index contributed by atoms with van der Waals surface area (Å²) in [7, 11) is 1.50. The minimum atomic E-state index is -1.20. The number of ether oxygens (including phenoxy) is 1. The van der Waals surface area contributed by atoms with Gasteiger partial charge in [-0.25, -0.2) is 0 Å². The quantitative estimate of drug-likeness (QED) is 0.120. The lowest BCUT2D eigenvalue weighted by Gasteiger charge is -2.50. The highest BCUT2D eigenvalue weighted by atomic mass is 79.9. The van der Waals surface area contributed by atoms with Gasteiger partial charge in [-0.1, -0.05) is 78.3 Å². The Morgan fingerprint density at radius 1 is 0.784 bits per heavy atom. The van der Waals surface area contributed by atoms with Gasteiger partial charge in [0, 0.05) is 20.2 Å². The molecular weight excluding hydrogens is 694 g/mol. The maximum Gasteiger partial charge on any atom is 0.264 e. The zero-order valence-electron chi connectivity index (χ0n) is 18.9. The van der Waals surface area contributed by atoms with Crippen molar-refractivity contribution >= 4 is 102 Å². The second kappa shape index (κ2) is 9.74. The zero-order chi connectivity index (χ0) is 26.9. The Bertz CT molecular complexity index is 1500. The molecule has 1 fully saturated rings. The number of nitrogens with zero attached hydrogens (tertiary/aromatic N) is 2. The molecule has 0 spiro atoms. The highest BCUT2D eigenvalue weighted by molar-refractivity contribution is 9.10. The third-order valence-corrected chi connectivity index (χ3v) is 9.59. The minimum Gasteiger partial charge on any atom is -0.496 e. The third-order valence-electron chi connectivity index (χ3n) is 6.41. The van der Waals surface area contributed by atoms with Crippen molar-refractivity contribution in [1.82, 2.24) is 4.90 Å². The maximum atomic E-state index is 13.8. The van der Waals surface area contributed by atoms with Gasteiger partial charge in [0.2, 0.25) is 0 Å². The lowest BCUT2D eigenvalue weighted by atomic mass is 9.85. The van der Waals surface area contributed by atoms with Gasteiger partial charge in [0.25, 0.3) is 17.7 Å². The van der Waals surface area contributed by atoms with E-state index in [0.29, 0.717) is 17.0 Å². The molecule has 0 bridgehead atoms. The Morgan fingerprint density at radius 3 is 1.92 bits per heavy atom. The molecule has 0 saturated carbocycles. The molecule has 3 amide bonds. The Hall–Kier alpha value is -1.81. The topological polar surface area (TPSA) is 66.9 Å². The summed E-state index contributed by atoms with van der Waals surface area (Å²) in [6.07, 6.45) is 0. The largest absolute Gasteiger partial charge is 0.496 e. The number of benzene rings is 3. The van der Waals surface area contributed by atoms with Crippen molar-refractivity contribution in [2.45, 2.75) is 19.0 Å². The first-order chi connectivity index (χ1) is 17.5. The molecule has 190 valence electrons. The van der Waals surface area contributed by atoms with E-state index in [0.717, 1.165) is 19.4 Å². The van der Waals surface area contributed by atoms with Crippen molar-refractivity contribution in [1.29, 1.82) is 0 Å². The van der Waals surface area contributed by atoms with Gasteiger partial charge in [-0.15, -0.1) is 0 Å². The van der Waals surface area contributed by atoms with Gasteiger partial charge in [0.05, 0.1) is 44.4 Å². The molecule has 3 aromatic rings. The molecule has 6 nitrogen and oxygen atoms in total. The van der Waals surface area contributed by atoms with E-state index in [4.69, 9.17) is 51.1 Å². The number of hydrogen-bond donors (Lipinski definition) is 0. The van der Waals surface area contributed by atoms with Crippen LogP contribution in [-0.4, -0.2) is 35.8 Å². The lowest BCUT2D eigenvalue weighted by molar-refractivity contribution is -0.130. The second-order valence-corrected chi connectivity index (χ2v) is 11.7. The number of fused-ring (bicyclic) bond motifs is 1. The summed E-state index contributed by atoms with van der Waals surface area (Å²) < 4.78 is 7.18. The van der Waals surface area contributed by atoms with Crippen molar-refractivity contribution in [3.8, 4) is 5.75 Å². The van der Waals surface area contributed by atoms with E-state index in [9.17, 15) is 14.4 Å². The fraction of sp³-hybridized carbons (Fsp3) is 0.160. The van der Waals surface area contributed by atoms with Crippen LogP contribution in [0.5, 0.6) is 5.75 Å². The van der Waals surface area contributed by atoms with Crippen LogP contribution in [0.3, 0.4) is 0 Å². The number of anilines is 1. The number of rotatable bonds is 4. The number of methoxy groups -OCH3 is 1. The molecule has 1 saturated heterocycles. The average molecular weight is 708 g/mol. The molecule has 3 aromatic carbocycles. The summed E-state index contributed by atoms with van der Waals surface area (Å²) in [5.74, 6) is -1.56. The first kappa shape index (κ1) is 26.8. The Kier molecular flexibility index (Phi) is 7.05. The van der Waals surface area contributed by atoms with Gasteiger partial charge in [-0.3, -0.25) is 19.3 Å². The standard InChI is InChI=1S/C25H14Br2Cl4N2O4/c1-9-7-11(4-5-13(9)27)32-21(12-8-10(26)3-6-14(12)37-2)22(25(32)36)33-23(34)15-16(24(33)35)18(29)20(31)19(30)17(15)28/h3-8,21-22H,1-2H3/t21-,22-/m1/s1. The van der Waals surface area contributed by atoms with Gasteiger partial charge >= 0.3 is 0 Å². The van der Waals surface area contributed by atoms with E-state index < -0.39 is 29.8 Å². The number of imide groups is 1. The molecule has 0 unspecified atom stereocenters. The van der Waals surface area contributed by atoms with E-state index in [1.807, 2.05) is 19.1 Å². The van der Waals surface area contributed by atoms with E-state index in [2.05, 4.69) is 31.9 Å². The number of β-lactam (4-membered cyclic amide) rings is 1. The maximum absolute atomic E-state index is 13.8. The minimum absolute atomic E-state index is 0.146. The van der Waals surface area contributed by atoms with Crippen molar-refractivity contribution < 1.29 is 19.1 Å². The lowest BCUT2D eigenvalue weighted by Crippen LogP contribution is -2.67. The van der Waals surface area contributed by atoms with Crippen molar-refractivity contribution in [3.63, 3.8) is 0 Å². The molecule has 5 rings (SSSR count). The predicted molar refractivity (Wildman–Crippen MR) is 151 cm³/mol. The normalized spacial score (nSPS) is 18.9. The first-order valence-corrected chi connectivity index (χ1v) is 13.8. The van der Waals surface area contributed by atoms with E-state index in [1.54, 1.807) is 24.3 Å². The smallest absolute Gasteiger partial charge is 0.264 e. The van der Waals surface area contributed by atoms with Gasteiger partial charge in [-0.2, -0.15) is 0 Å². The SMILES string of the molecule is COc1ccc(Br)cc1[C@@H]1[C@@H](N2C(=O)c3c(Cl)c(Cl)c(Cl)c(Cl)c3C2=O)C(=O)N1c1ccc(Br)c(C)c1. The van der Waals surface area contributed by atoms with Crippen LogP contribution in [0.25, 0.3) is 0 Å². The highest BCUT2D eigenvalue weighted by Gasteiger charge is 2.59. The summed E-state index contributed by atoms with van der Waals surface area (Å²) in [4.78, 5) is 43.4. The van der Waals surface area contributed by atoms with Crippen molar-refractivity contribution in [2.75, 3.05) is 12.0 Å². The van der Waals surface area contributed by atoms with E-state index >= 15 is 0 Å². The zero-order valence-corrected chi connectivity index (χ0v) is 25.1. The fourth-order valence-corrected chi connectivity index (χ4v) is 6.30. The number of carbonyl (C=O) groups excluding carboxylic acids is 3. The summed E-state index contributed by atoms with van der Waals surface area (Å²) in [5.41, 5.74) is 1.71. The molecule has 2 aliphatic heterocycles. The Balaban J connectivity index is 1.68. The van der Waals surface area contributed by atoms with Crippen LogP contribution in [0, 0.1) is 6.92 Å². The molecule has 37 heavy (non-hydrogen) atoms. The first-order valence-electron chi connectivity index (χ1n) is 10.7. The molecular formula is C25H14Br2Cl4N2O4. The van der Waals surface area contributed by atoms with Crippen LogP contribution >= 0.6 is 78.3 Å². The summed E-state index contributed by atoms with van der Waals surface area (Å²) >= 11 is 31.9. The second-order valence-electron chi connectivity index (χ2n) is 8.40. The summed E-state index contributed by atoms with van der Waals surface area (Å²) in [5, 5.41) is -0.689. The van der Waals surface area contributed by atoms with Gasteiger partial charge in [0.1, 0.15) is 11.8 Å². The fourth-order valence-electron chi connectivity index (χ4n) is 4.66. The molecule has 2 atom stereocenters. The molecule has 0 radical (unpaired) electrons. The molecule has 12 heteroatoms. The van der Waals surface area contributed by atoms with E-state index in [1.165, 1.54) is 12.0 Å². The molecule has 0 aliphatic carbocycles. The number of halogens is 6. The molecule has 2 heterocycles. The van der Waals surface area contributed by atoms with Crippen molar-refractivity contribution in [3.05, 3.63) is 87.7 Å².